The highest BCUT2D eigenvalue weighted by Gasteiger charge is 2.08. The zero-order valence-corrected chi connectivity index (χ0v) is 12.8. The summed E-state index contributed by atoms with van der Waals surface area (Å²) in [6, 6.07) is 5.04. The van der Waals surface area contributed by atoms with Crippen LogP contribution < -0.4 is 5.56 Å². The van der Waals surface area contributed by atoms with Crippen LogP contribution in [0.3, 0.4) is 0 Å². The number of aryl methyl sites for hydroxylation is 1. The van der Waals surface area contributed by atoms with Crippen LogP contribution in [-0.2, 0) is 12.3 Å². The van der Waals surface area contributed by atoms with Crippen LogP contribution in [-0.4, -0.2) is 24.7 Å². The number of aromatic nitrogens is 5. The third kappa shape index (κ3) is 2.93. The van der Waals surface area contributed by atoms with Gasteiger partial charge in [-0.05, 0) is 25.1 Å². The van der Waals surface area contributed by atoms with Crippen molar-refractivity contribution in [1.82, 2.24) is 24.7 Å². The maximum atomic E-state index is 12.0. The van der Waals surface area contributed by atoms with E-state index in [-0.39, 0.29) is 5.56 Å². The predicted octanol–water partition coefficient (Wildman–Crippen LogP) is 2.48. The third-order valence-corrected chi connectivity index (χ3v) is 4.20. The molecule has 0 aliphatic carbocycles. The summed E-state index contributed by atoms with van der Waals surface area (Å²) in [7, 11) is 0. The summed E-state index contributed by atoms with van der Waals surface area (Å²) in [6.07, 6.45) is 1.68. The molecule has 0 saturated heterocycles. The van der Waals surface area contributed by atoms with Crippen LogP contribution in [0.5, 0.6) is 0 Å². The first-order valence-electron chi connectivity index (χ1n) is 6.36. The molecular weight excluding hydrogens is 310 g/mol. The lowest BCUT2D eigenvalue weighted by atomic mass is 10.2. The molecule has 0 atom stereocenters. The second-order valence-electron chi connectivity index (χ2n) is 4.36. The minimum Gasteiger partial charge on any atom is -0.309 e. The monoisotopic (exact) mass is 321 g/mol. The van der Waals surface area contributed by atoms with Gasteiger partial charge in [-0.15, -0.1) is 10.2 Å². The van der Waals surface area contributed by atoms with Crippen molar-refractivity contribution in [3.63, 3.8) is 0 Å². The molecule has 1 N–H and O–H groups in total. The lowest BCUT2D eigenvalue weighted by Gasteiger charge is -2.04. The summed E-state index contributed by atoms with van der Waals surface area (Å²) in [4.78, 5) is 19.2. The van der Waals surface area contributed by atoms with Crippen molar-refractivity contribution in [2.75, 3.05) is 0 Å². The highest BCUT2D eigenvalue weighted by atomic mass is 35.5. The Labute approximate surface area is 129 Å². The van der Waals surface area contributed by atoms with Crippen molar-refractivity contribution < 1.29 is 0 Å². The number of hydrogen-bond donors (Lipinski definition) is 1. The van der Waals surface area contributed by atoms with Crippen LogP contribution >= 0.6 is 23.4 Å². The average Bonchev–Trinajstić information content (AvgIpc) is 2.92. The van der Waals surface area contributed by atoms with Crippen LogP contribution in [0, 0.1) is 0 Å². The highest BCUT2D eigenvalue weighted by Crippen LogP contribution is 2.20. The van der Waals surface area contributed by atoms with E-state index in [0.29, 0.717) is 27.5 Å². The van der Waals surface area contributed by atoms with Crippen molar-refractivity contribution in [2.45, 2.75) is 24.4 Å². The smallest absolute Gasteiger partial charge is 0.258 e. The number of fused-ring (bicyclic) bond motifs is 1. The molecule has 0 radical (unpaired) electrons. The van der Waals surface area contributed by atoms with Crippen molar-refractivity contribution in [3.8, 4) is 0 Å². The van der Waals surface area contributed by atoms with Crippen molar-refractivity contribution in [1.29, 1.82) is 0 Å². The number of nitrogens with one attached hydrogen (secondary N) is 1. The normalized spacial score (nSPS) is 11.1. The first-order valence-corrected chi connectivity index (χ1v) is 7.73. The fourth-order valence-electron chi connectivity index (χ4n) is 1.94. The van der Waals surface area contributed by atoms with Gasteiger partial charge in [-0.2, -0.15) is 0 Å². The number of halogens is 1. The van der Waals surface area contributed by atoms with E-state index in [1.54, 1.807) is 24.5 Å². The Balaban J connectivity index is 1.89. The summed E-state index contributed by atoms with van der Waals surface area (Å²) in [5.41, 5.74) is 0.433. The van der Waals surface area contributed by atoms with Crippen LogP contribution in [0.2, 0.25) is 5.02 Å². The first kappa shape index (κ1) is 14.1. The quantitative estimate of drug-likeness (QED) is 0.747. The van der Waals surface area contributed by atoms with E-state index in [1.165, 1.54) is 11.8 Å². The van der Waals surface area contributed by atoms with Gasteiger partial charge in [-0.3, -0.25) is 4.79 Å². The lowest BCUT2D eigenvalue weighted by Crippen LogP contribution is -2.11. The molecule has 2 heterocycles. The number of benzene rings is 1. The molecule has 0 amide bonds. The number of thioether (sulfide) groups is 1. The minimum absolute atomic E-state index is 0.163. The zero-order valence-electron chi connectivity index (χ0n) is 11.2. The molecule has 6 nitrogen and oxygen atoms in total. The van der Waals surface area contributed by atoms with Gasteiger partial charge in [0.2, 0.25) is 0 Å². The molecule has 21 heavy (non-hydrogen) atoms. The van der Waals surface area contributed by atoms with Crippen molar-refractivity contribution in [2.24, 2.45) is 0 Å². The molecule has 3 aromatic rings. The van der Waals surface area contributed by atoms with Crippen LogP contribution in [0.15, 0.2) is 34.5 Å². The Morgan fingerprint density at radius 1 is 1.43 bits per heavy atom. The minimum atomic E-state index is -0.163. The fourth-order valence-corrected chi connectivity index (χ4v) is 2.95. The summed E-state index contributed by atoms with van der Waals surface area (Å²) in [5.74, 6) is 1.10. The van der Waals surface area contributed by atoms with E-state index in [4.69, 9.17) is 11.6 Å². The van der Waals surface area contributed by atoms with Gasteiger partial charge >= 0.3 is 0 Å². The van der Waals surface area contributed by atoms with E-state index in [1.807, 2.05) is 11.5 Å². The molecule has 0 unspecified atom stereocenters. The summed E-state index contributed by atoms with van der Waals surface area (Å²) in [5, 5.41) is 9.79. The summed E-state index contributed by atoms with van der Waals surface area (Å²) in [6.45, 7) is 2.82. The van der Waals surface area contributed by atoms with Gasteiger partial charge in [-0.25, -0.2) is 4.98 Å². The van der Waals surface area contributed by atoms with E-state index in [0.717, 1.165) is 11.7 Å². The maximum absolute atomic E-state index is 12.0. The van der Waals surface area contributed by atoms with Gasteiger partial charge in [0, 0.05) is 11.6 Å². The highest BCUT2D eigenvalue weighted by molar-refractivity contribution is 7.98. The molecule has 8 heteroatoms. The average molecular weight is 322 g/mol. The number of hydrogen-bond acceptors (Lipinski definition) is 5. The maximum Gasteiger partial charge on any atom is 0.258 e. The molecule has 0 aliphatic rings. The molecule has 2 aromatic heterocycles. The SMILES string of the molecule is CCn1cnnc1SCc1nc2cc(Cl)ccc2c(=O)[nH]1. The first-order chi connectivity index (χ1) is 10.2. The van der Waals surface area contributed by atoms with Gasteiger partial charge in [-0.1, -0.05) is 23.4 Å². The van der Waals surface area contributed by atoms with Gasteiger partial charge in [0.05, 0.1) is 16.7 Å². The number of nitrogens with zero attached hydrogens (tertiary/aromatic N) is 4. The number of H-pyrrole nitrogens is 1. The van der Waals surface area contributed by atoms with Crippen LogP contribution in [0.4, 0.5) is 0 Å². The Kier molecular flexibility index (Phi) is 3.94. The van der Waals surface area contributed by atoms with E-state index < -0.39 is 0 Å². The Morgan fingerprint density at radius 2 is 2.29 bits per heavy atom. The molecule has 0 saturated carbocycles. The van der Waals surface area contributed by atoms with E-state index in [9.17, 15) is 4.79 Å². The van der Waals surface area contributed by atoms with Gasteiger partial charge in [0.1, 0.15) is 12.2 Å². The zero-order chi connectivity index (χ0) is 14.8. The Bertz CT molecular complexity index is 844. The molecule has 0 fully saturated rings. The van der Waals surface area contributed by atoms with Gasteiger partial charge in [0.25, 0.3) is 5.56 Å². The topological polar surface area (TPSA) is 76.5 Å². The summed E-state index contributed by atoms with van der Waals surface area (Å²) >= 11 is 7.42. The van der Waals surface area contributed by atoms with E-state index >= 15 is 0 Å². The predicted molar refractivity (Wildman–Crippen MR) is 82.6 cm³/mol. The fraction of sp³-hybridized carbons (Fsp3) is 0.231. The van der Waals surface area contributed by atoms with Gasteiger partial charge < -0.3 is 9.55 Å². The van der Waals surface area contributed by atoms with Crippen molar-refractivity contribution >= 4 is 34.3 Å². The molecule has 1 aromatic carbocycles. The Hall–Kier alpha value is -1.86. The summed E-state index contributed by atoms with van der Waals surface area (Å²) < 4.78 is 1.93. The second kappa shape index (κ2) is 5.87. The third-order valence-electron chi connectivity index (χ3n) is 2.98. The second-order valence-corrected chi connectivity index (χ2v) is 5.74. The van der Waals surface area contributed by atoms with Crippen LogP contribution in [0.25, 0.3) is 10.9 Å². The number of rotatable bonds is 4. The molecule has 0 bridgehead atoms. The lowest BCUT2D eigenvalue weighted by molar-refractivity contribution is 0.681. The molecule has 3 rings (SSSR count). The molecule has 108 valence electrons. The number of aromatic amines is 1. The molecule has 0 spiro atoms. The largest absolute Gasteiger partial charge is 0.309 e. The standard InChI is InChI=1S/C13H12ClN5OS/c1-2-19-7-15-18-13(19)21-6-11-16-10-5-8(14)3-4-9(10)12(20)17-11/h3-5,7H,2,6H2,1H3,(H,16,17,20). The Morgan fingerprint density at radius 3 is 3.10 bits per heavy atom. The van der Waals surface area contributed by atoms with Crippen molar-refractivity contribution in [3.05, 3.63) is 45.7 Å². The van der Waals surface area contributed by atoms with Gasteiger partial charge in [0.15, 0.2) is 5.16 Å². The van der Waals surface area contributed by atoms with E-state index in [2.05, 4.69) is 20.2 Å². The van der Waals surface area contributed by atoms with Crippen LogP contribution in [0.1, 0.15) is 12.7 Å². The molecule has 0 aliphatic heterocycles. The molecular formula is C13H12ClN5OS.